The van der Waals surface area contributed by atoms with Crippen molar-refractivity contribution < 1.29 is 29.7 Å². The van der Waals surface area contributed by atoms with Crippen molar-refractivity contribution in [2.75, 3.05) is 13.2 Å². The lowest BCUT2D eigenvalue weighted by atomic mass is 10.1. The molecule has 8 N–H and O–H groups in total. The van der Waals surface area contributed by atoms with Gasteiger partial charge in [0.15, 0.2) is 0 Å². The summed E-state index contributed by atoms with van der Waals surface area (Å²) in [6, 6.07) is -2.06. The highest BCUT2D eigenvalue weighted by Crippen LogP contribution is 1.94. The first-order valence-corrected chi connectivity index (χ1v) is 5.60. The number of hydrogen-bond acceptors (Lipinski definition) is 6. The summed E-state index contributed by atoms with van der Waals surface area (Å²) in [7, 11) is 0. The molecule has 1 amide bonds. The number of aliphatic hydroxyl groups excluding tert-OH is 1. The quantitative estimate of drug-likeness (QED) is 0.301. The summed E-state index contributed by atoms with van der Waals surface area (Å²) in [6.45, 7) is 1.85. The van der Waals surface area contributed by atoms with Gasteiger partial charge in [0, 0.05) is 13.0 Å². The van der Waals surface area contributed by atoms with E-state index in [-0.39, 0.29) is 18.7 Å². The molecule has 9 heteroatoms. The number of amides is 1. The van der Waals surface area contributed by atoms with Gasteiger partial charge in [-0.2, -0.15) is 0 Å². The monoisotopic (exact) mass is 279 g/mol. The van der Waals surface area contributed by atoms with Gasteiger partial charge in [0.05, 0.1) is 6.61 Å². The Morgan fingerprint density at radius 2 is 1.58 bits per heavy atom. The molecule has 0 aromatic rings. The number of aliphatic carboxylic acids is 2. The smallest absolute Gasteiger partial charge is 0.322 e. The van der Waals surface area contributed by atoms with E-state index in [9.17, 15) is 14.4 Å². The van der Waals surface area contributed by atoms with Gasteiger partial charge in [-0.1, -0.05) is 0 Å². The minimum Gasteiger partial charge on any atom is -0.480 e. The highest BCUT2D eigenvalue weighted by molar-refractivity contribution is 5.78. The Labute approximate surface area is 110 Å². The second-order valence-corrected chi connectivity index (χ2v) is 3.56. The molecule has 0 spiro atoms. The van der Waals surface area contributed by atoms with Crippen LogP contribution in [0.4, 0.5) is 0 Å². The van der Waals surface area contributed by atoms with Gasteiger partial charge in [-0.25, -0.2) is 0 Å². The molecule has 0 aromatic carbocycles. The van der Waals surface area contributed by atoms with Crippen LogP contribution in [-0.2, 0) is 14.4 Å². The molecule has 0 heterocycles. The molecule has 0 unspecified atom stereocenters. The van der Waals surface area contributed by atoms with Crippen LogP contribution >= 0.6 is 0 Å². The van der Waals surface area contributed by atoms with E-state index < -0.39 is 30.6 Å². The van der Waals surface area contributed by atoms with Gasteiger partial charge >= 0.3 is 11.9 Å². The molecule has 0 aliphatic carbocycles. The third-order valence-electron chi connectivity index (χ3n) is 1.89. The van der Waals surface area contributed by atoms with Crippen molar-refractivity contribution in [3.05, 3.63) is 0 Å². The lowest BCUT2D eigenvalue weighted by Gasteiger charge is -2.05. The predicted octanol–water partition coefficient (Wildman–Crippen LogP) is -2.29. The molecule has 2 atom stereocenters. The van der Waals surface area contributed by atoms with Crippen molar-refractivity contribution in [1.82, 2.24) is 5.32 Å². The normalized spacial score (nSPS) is 12.6. The Hall–Kier alpha value is -1.71. The van der Waals surface area contributed by atoms with Crippen molar-refractivity contribution in [2.45, 2.75) is 31.8 Å². The molecule has 19 heavy (non-hydrogen) atoms. The van der Waals surface area contributed by atoms with Gasteiger partial charge < -0.3 is 32.1 Å². The van der Waals surface area contributed by atoms with Gasteiger partial charge in [-0.05, 0) is 13.3 Å². The SMILES string of the molecule is CCNC(=O)CC[C@H](N)C(=O)O.N[C@@H](CO)C(=O)O. The van der Waals surface area contributed by atoms with Crippen LogP contribution in [0, 0.1) is 0 Å². The molecular weight excluding hydrogens is 258 g/mol. The largest absolute Gasteiger partial charge is 0.480 e. The molecule has 0 radical (unpaired) electrons. The minimum absolute atomic E-state index is 0.158. The number of carboxylic acids is 2. The molecule has 0 aromatic heterocycles. The van der Waals surface area contributed by atoms with Crippen LogP contribution in [-0.4, -0.2) is 58.4 Å². The Kier molecular flexibility index (Phi) is 11.8. The molecule has 0 rings (SSSR count). The number of hydrogen-bond donors (Lipinski definition) is 6. The van der Waals surface area contributed by atoms with Crippen LogP contribution in [0.2, 0.25) is 0 Å². The number of carbonyl (C=O) groups is 3. The van der Waals surface area contributed by atoms with Gasteiger partial charge in [0.25, 0.3) is 0 Å². The Morgan fingerprint density at radius 3 is 1.84 bits per heavy atom. The van der Waals surface area contributed by atoms with Gasteiger partial charge in [-0.3, -0.25) is 14.4 Å². The summed E-state index contributed by atoms with van der Waals surface area (Å²) in [5, 5.41) is 26.8. The van der Waals surface area contributed by atoms with E-state index in [1.165, 1.54) is 0 Å². The Bertz CT molecular complexity index is 297. The average molecular weight is 279 g/mol. The zero-order valence-electron chi connectivity index (χ0n) is 10.7. The Morgan fingerprint density at radius 1 is 1.11 bits per heavy atom. The first-order valence-electron chi connectivity index (χ1n) is 5.60. The van der Waals surface area contributed by atoms with E-state index in [2.05, 4.69) is 5.32 Å². The number of nitrogens with one attached hydrogen (secondary N) is 1. The molecule has 112 valence electrons. The van der Waals surface area contributed by atoms with Crippen molar-refractivity contribution in [3.8, 4) is 0 Å². The van der Waals surface area contributed by atoms with E-state index in [4.69, 9.17) is 26.8 Å². The second-order valence-electron chi connectivity index (χ2n) is 3.56. The number of rotatable bonds is 7. The lowest BCUT2D eigenvalue weighted by molar-refractivity contribution is -0.140. The summed E-state index contributed by atoms with van der Waals surface area (Å²) in [5.74, 6) is -2.41. The maximum atomic E-state index is 10.8. The van der Waals surface area contributed by atoms with E-state index in [1.54, 1.807) is 6.92 Å². The third-order valence-corrected chi connectivity index (χ3v) is 1.89. The summed E-state index contributed by atoms with van der Waals surface area (Å²) >= 11 is 0. The highest BCUT2D eigenvalue weighted by atomic mass is 16.4. The average Bonchev–Trinajstić information content (AvgIpc) is 2.35. The second kappa shape index (κ2) is 11.4. The van der Waals surface area contributed by atoms with Crippen LogP contribution in [0.25, 0.3) is 0 Å². The summed E-state index contributed by atoms with van der Waals surface area (Å²) in [5.41, 5.74) is 9.95. The molecule has 0 bridgehead atoms. The lowest BCUT2D eigenvalue weighted by Crippen LogP contribution is -2.33. The molecule has 9 nitrogen and oxygen atoms in total. The number of aliphatic hydroxyl groups is 1. The van der Waals surface area contributed by atoms with E-state index in [0.29, 0.717) is 6.54 Å². The fraction of sp³-hybridized carbons (Fsp3) is 0.700. The van der Waals surface area contributed by atoms with E-state index >= 15 is 0 Å². The molecule has 0 fully saturated rings. The zero-order valence-corrected chi connectivity index (χ0v) is 10.7. The van der Waals surface area contributed by atoms with Crippen LogP contribution < -0.4 is 16.8 Å². The Balaban J connectivity index is 0. The topological polar surface area (TPSA) is 176 Å². The maximum Gasteiger partial charge on any atom is 0.322 e. The third kappa shape index (κ3) is 12.5. The fourth-order valence-electron chi connectivity index (χ4n) is 0.774. The summed E-state index contributed by atoms with van der Waals surface area (Å²) in [4.78, 5) is 30.7. The summed E-state index contributed by atoms with van der Waals surface area (Å²) in [6.07, 6.45) is 0.350. The fourth-order valence-corrected chi connectivity index (χ4v) is 0.774. The van der Waals surface area contributed by atoms with Crippen molar-refractivity contribution in [2.24, 2.45) is 11.5 Å². The number of carboxylic acid groups (broad SMARTS) is 2. The van der Waals surface area contributed by atoms with Crippen molar-refractivity contribution in [1.29, 1.82) is 0 Å². The maximum absolute atomic E-state index is 10.8. The first kappa shape index (κ1) is 19.6. The molecule has 0 aliphatic rings. The van der Waals surface area contributed by atoms with Gasteiger partial charge in [0.2, 0.25) is 5.91 Å². The van der Waals surface area contributed by atoms with E-state index in [1.807, 2.05) is 0 Å². The molecular formula is C10H21N3O6. The number of nitrogens with two attached hydrogens (primary N) is 2. The van der Waals surface area contributed by atoms with Crippen LogP contribution in [0.1, 0.15) is 19.8 Å². The van der Waals surface area contributed by atoms with Crippen molar-refractivity contribution >= 4 is 17.8 Å². The summed E-state index contributed by atoms with van der Waals surface area (Å²) < 4.78 is 0. The van der Waals surface area contributed by atoms with Crippen LogP contribution in [0.5, 0.6) is 0 Å². The predicted molar refractivity (Wildman–Crippen MR) is 66.2 cm³/mol. The first-order chi connectivity index (χ1) is 8.76. The molecule has 0 saturated heterocycles. The minimum atomic E-state index is -1.18. The number of carbonyl (C=O) groups excluding carboxylic acids is 1. The highest BCUT2D eigenvalue weighted by Gasteiger charge is 2.12. The van der Waals surface area contributed by atoms with Crippen LogP contribution in [0.15, 0.2) is 0 Å². The standard InChI is InChI=1S/C7H14N2O3.C3H7NO3/c1-2-9-6(10)4-3-5(8)7(11)12;4-2(1-5)3(6)7/h5H,2-4,8H2,1H3,(H,9,10)(H,11,12);2,5H,1,4H2,(H,6,7)/t5-;2-/m00/s1. The van der Waals surface area contributed by atoms with Crippen LogP contribution in [0.3, 0.4) is 0 Å². The zero-order chi connectivity index (χ0) is 15.4. The van der Waals surface area contributed by atoms with E-state index in [0.717, 1.165) is 0 Å². The van der Waals surface area contributed by atoms with Gasteiger partial charge in [-0.15, -0.1) is 0 Å². The molecule has 0 aliphatic heterocycles. The van der Waals surface area contributed by atoms with Crippen molar-refractivity contribution in [3.63, 3.8) is 0 Å². The van der Waals surface area contributed by atoms with Gasteiger partial charge in [0.1, 0.15) is 12.1 Å². The molecule has 0 saturated carbocycles.